The van der Waals surface area contributed by atoms with Crippen LogP contribution < -0.4 is 0 Å². The molecule has 8 nitrogen and oxygen atoms in total. The average Bonchev–Trinajstić information content (AvgIpc) is 3.37. The maximum Gasteiger partial charge on any atom is 0.242 e. The molecule has 0 saturated carbocycles. The zero-order valence-corrected chi connectivity index (χ0v) is 14.8. The Morgan fingerprint density at radius 1 is 1.11 bits per heavy atom. The molecule has 0 unspecified atom stereocenters. The molecule has 9 heteroatoms. The number of furan rings is 1. The van der Waals surface area contributed by atoms with Crippen LogP contribution in [0.1, 0.15) is 21.9 Å². The van der Waals surface area contributed by atoms with Gasteiger partial charge >= 0.3 is 0 Å². The van der Waals surface area contributed by atoms with Crippen molar-refractivity contribution in [3.63, 3.8) is 0 Å². The van der Waals surface area contributed by atoms with Crippen LogP contribution >= 0.6 is 11.3 Å². The fraction of sp³-hybridized carbons (Fsp3) is 0.0556. The van der Waals surface area contributed by atoms with Gasteiger partial charge in [-0.05, 0) is 48.9 Å². The van der Waals surface area contributed by atoms with E-state index in [-0.39, 0.29) is 27.9 Å². The summed E-state index contributed by atoms with van der Waals surface area (Å²) in [5, 5.41) is 38.5. The predicted molar refractivity (Wildman–Crippen MR) is 96.5 cm³/mol. The topological polar surface area (TPSA) is 122 Å². The minimum Gasteiger partial charge on any atom is -0.508 e. The molecule has 136 valence electrons. The SMILES string of the molecule is Cc1ccc(C(=O)c2c(O)c(O)n(-c3nncs3)c2-c2ccc(O)cc2)o1. The summed E-state index contributed by atoms with van der Waals surface area (Å²) in [6, 6.07) is 9.12. The van der Waals surface area contributed by atoms with Crippen LogP contribution in [0.25, 0.3) is 16.4 Å². The van der Waals surface area contributed by atoms with Crippen molar-refractivity contribution in [2.75, 3.05) is 0 Å². The van der Waals surface area contributed by atoms with E-state index >= 15 is 0 Å². The van der Waals surface area contributed by atoms with Gasteiger partial charge in [0, 0.05) is 0 Å². The molecule has 3 heterocycles. The van der Waals surface area contributed by atoms with Crippen molar-refractivity contribution < 1.29 is 24.5 Å². The number of carbonyl (C=O) groups is 1. The van der Waals surface area contributed by atoms with Crippen LogP contribution in [-0.2, 0) is 0 Å². The maximum atomic E-state index is 13.0. The van der Waals surface area contributed by atoms with Gasteiger partial charge in [0.25, 0.3) is 0 Å². The van der Waals surface area contributed by atoms with Crippen LogP contribution in [0, 0.1) is 6.92 Å². The summed E-state index contributed by atoms with van der Waals surface area (Å²) in [6.07, 6.45) is 0. The second-order valence-electron chi connectivity index (χ2n) is 5.74. The number of carbonyl (C=O) groups excluding carboxylic acids is 1. The number of hydrogen-bond donors (Lipinski definition) is 3. The van der Waals surface area contributed by atoms with Crippen LogP contribution in [-0.4, -0.2) is 35.9 Å². The third-order valence-electron chi connectivity index (χ3n) is 3.99. The predicted octanol–water partition coefficient (Wildman–Crippen LogP) is 3.25. The third-order valence-corrected chi connectivity index (χ3v) is 4.67. The molecule has 3 N–H and O–H groups in total. The number of rotatable bonds is 4. The first-order chi connectivity index (χ1) is 13.0. The lowest BCUT2D eigenvalue weighted by molar-refractivity contribution is 0.101. The van der Waals surface area contributed by atoms with E-state index in [4.69, 9.17) is 4.42 Å². The van der Waals surface area contributed by atoms with Crippen molar-refractivity contribution in [2.24, 2.45) is 0 Å². The number of benzene rings is 1. The van der Waals surface area contributed by atoms with Gasteiger partial charge in [-0.1, -0.05) is 11.3 Å². The zero-order chi connectivity index (χ0) is 19.1. The van der Waals surface area contributed by atoms with E-state index in [0.29, 0.717) is 11.3 Å². The Bertz CT molecular complexity index is 1130. The number of hydrogen-bond acceptors (Lipinski definition) is 8. The molecule has 3 aromatic heterocycles. The van der Waals surface area contributed by atoms with Gasteiger partial charge in [-0.25, -0.2) is 0 Å². The van der Waals surface area contributed by atoms with Gasteiger partial charge in [0.1, 0.15) is 17.0 Å². The van der Waals surface area contributed by atoms with Crippen molar-refractivity contribution >= 4 is 17.1 Å². The van der Waals surface area contributed by atoms with Gasteiger partial charge in [0.05, 0.1) is 11.3 Å². The summed E-state index contributed by atoms with van der Waals surface area (Å²) in [4.78, 5) is 13.0. The minimum atomic E-state index is -0.595. The first-order valence-electron chi connectivity index (χ1n) is 7.81. The summed E-state index contributed by atoms with van der Waals surface area (Å²) >= 11 is 1.12. The summed E-state index contributed by atoms with van der Waals surface area (Å²) in [5.74, 6) is -1.12. The van der Waals surface area contributed by atoms with Crippen LogP contribution in [0.2, 0.25) is 0 Å². The Morgan fingerprint density at radius 3 is 2.44 bits per heavy atom. The molecule has 0 aliphatic heterocycles. The second kappa shape index (κ2) is 6.29. The Balaban J connectivity index is 2.02. The Morgan fingerprint density at radius 2 is 1.85 bits per heavy atom. The molecule has 0 aliphatic carbocycles. The van der Waals surface area contributed by atoms with Gasteiger partial charge in [-0.2, -0.15) is 0 Å². The Kier molecular flexibility index (Phi) is 3.93. The highest BCUT2D eigenvalue weighted by Gasteiger charge is 2.32. The van der Waals surface area contributed by atoms with E-state index in [0.717, 1.165) is 11.3 Å². The highest BCUT2D eigenvalue weighted by molar-refractivity contribution is 7.11. The summed E-state index contributed by atoms with van der Waals surface area (Å²) in [7, 11) is 0. The monoisotopic (exact) mass is 383 g/mol. The van der Waals surface area contributed by atoms with Crippen LogP contribution in [0.3, 0.4) is 0 Å². The molecular formula is C18H13N3O5S. The number of aromatic nitrogens is 3. The maximum absolute atomic E-state index is 13.0. The quantitative estimate of drug-likeness (QED) is 0.462. The lowest BCUT2D eigenvalue weighted by atomic mass is 10.0. The third kappa shape index (κ3) is 2.74. The average molecular weight is 383 g/mol. The van der Waals surface area contributed by atoms with E-state index in [2.05, 4.69) is 10.2 Å². The van der Waals surface area contributed by atoms with Gasteiger partial charge in [-0.15, -0.1) is 10.2 Å². The molecule has 0 aliphatic rings. The second-order valence-corrected chi connectivity index (χ2v) is 6.55. The number of phenols is 1. The summed E-state index contributed by atoms with van der Waals surface area (Å²) < 4.78 is 6.63. The molecule has 1 aromatic carbocycles. The molecule has 0 saturated heterocycles. The number of ketones is 1. The smallest absolute Gasteiger partial charge is 0.242 e. The minimum absolute atomic E-state index is 0.0252. The fourth-order valence-electron chi connectivity index (χ4n) is 2.79. The number of aromatic hydroxyl groups is 3. The van der Waals surface area contributed by atoms with Crippen LogP contribution in [0.4, 0.5) is 0 Å². The van der Waals surface area contributed by atoms with E-state index in [1.807, 2.05) is 0 Å². The Hall–Kier alpha value is -3.59. The molecule has 0 amide bonds. The normalized spacial score (nSPS) is 11.0. The molecule has 4 rings (SSSR count). The molecule has 27 heavy (non-hydrogen) atoms. The molecule has 0 bridgehead atoms. The number of aryl methyl sites for hydroxylation is 1. The van der Waals surface area contributed by atoms with Crippen molar-refractivity contribution in [1.82, 2.24) is 14.8 Å². The molecule has 0 radical (unpaired) electrons. The van der Waals surface area contributed by atoms with Crippen molar-refractivity contribution in [3.05, 3.63) is 59.0 Å². The van der Waals surface area contributed by atoms with Gasteiger partial charge in [-0.3, -0.25) is 9.36 Å². The largest absolute Gasteiger partial charge is 0.508 e. The molecule has 0 spiro atoms. The van der Waals surface area contributed by atoms with Crippen LogP contribution in [0.5, 0.6) is 17.4 Å². The standard InChI is InChI=1S/C18H13N3O5S/c1-9-2-7-12(26-9)15(23)13-14(10-3-5-11(22)6-4-10)21(17(25)16(13)24)18-20-19-8-27-18/h2-8,22,24-25H,1H3. The first-order valence-corrected chi connectivity index (χ1v) is 8.69. The zero-order valence-electron chi connectivity index (χ0n) is 13.9. The van der Waals surface area contributed by atoms with E-state index < -0.39 is 17.4 Å². The molecular weight excluding hydrogens is 370 g/mol. The highest BCUT2D eigenvalue weighted by Crippen LogP contribution is 2.44. The lowest BCUT2D eigenvalue weighted by Gasteiger charge is -2.08. The first kappa shape index (κ1) is 16.9. The van der Waals surface area contributed by atoms with Gasteiger partial charge in [0.2, 0.25) is 16.8 Å². The van der Waals surface area contributed by atoms with E-state index in [1.165, 1.54) is 28.3 Å². The molecule has 0 atom stereocenters. The Labute approximate surface area is 156 Å². The fourth-order valence-corrected chi connectivity index (χ4v) is 3.35. The van der Waals surface area contributed by atoms with Gasteiger partial charge < -0.3 is 19.7 Å². The lowest BCUT2D eigenvalue weighted by Crippen LogP contribution is -2.04. The summed E-state index contributed by atoms with van der Waals surface area (Å²) in [6.45, 7) is 1.70. The molecule has 0 fully saturated rings. The summed E-state index contributed by atoms with van der Waals surface area (Å²) in [5.41, 5.74) is 2.01. The van der Waals surface area contributed by atoms with E-state index in [1.54, 1.807) is 25.1 Å². The number of nitrogens with zero attached hydrogens (tertiary/aromatic N) is 3. The number of phenolic OH excluding ortho intramolecular Hbond substituents is 1. The highest BCUT2D eigenvalue weighted by atomic mass is 32.1. The van der Waals surface area contributed by atoms with Gasteiger partial charge in [0.15, 0.2) is 11.5 Å². The molecule has 4 aromatic rings. The van der Waals surface area contributed by atoms with E-state index in [9.17, 15) is 20.1 Å². The van der Waals surface area contributed by atoms with Crippen LogP contribution in [0.15, 0.2) is 46.3 Å². The van der Waals surface area contributed by atoms with Crippen molar-refractivity contribution in [2.45, 2.75) is 6.92 Å². The van der Waals surface area contributed by atoms with Crippen molar-refractivity contribution in [3.8, 4) is 33.8 Å². The van der Waals surface area contributed by atoms with Crippen molar-refractivity contribution in [1.29, 1.82) is 0 Å².